The Bertz CT molecular complexity index is 156. The molecule has 0 aliphatic rings. The SMILES string of the molecule is CC(CS)C(=O)CCC(=O)O. The molecule has 0 aromatic rings. The van der Waals surface area contributed by atoms with Crippen LogP contribution in [0.4, 0.5) is 0 Å². The third kappa shape index (κ3) is 4.84. The molecule has 0 rings (SSSR count). The highest BCUT2D eigenvalue weighted by atomic mass is 32.1. The number of rotatable bonds is 5. The minimum atomic E-state index is -0.926. The first-order valence-electron chi connectivity index (χ1n) is 3.43. The monoisotopic (exact) mass is 176 g/mol. The number of ketones is 1. The van der Waals surface area contributed by atoms with Crippen LogP contribution in [-0.4, -0.2) is 22.6 Å². The molecule has 0 fully saturated rings. The molecule has 0 aliphatic heterocycles. The average molecular weight is 176 g/mol. The maximum atomic E-state index is 11.0. The summed E-state index contributed by atoms with van der Waals surface area (Å²) in [6.45, 7) is 1.75. The van der Waals surface area contributed by atoms with Crippen molar-refractivity contribution in [1.82, 2.24) is 0 Å². The van der Waals surface area contributed by atoms with E-state index in [1.54, 1.807) is 6.92 Å². The zero-order valence-electron chi connectivity index (χ0n) is 6.41. The third-order valence-corrected chi connectivity index (χ3v) is 1.96. The van der Waals surface area contributed by atoms with Crippen molar-refractivity contribution in [2.45, 2.75) is 19.8 Å². The van der Waals surface area contributed by atoms with Gasteiger partial charge in [0.2, 0.25) is 0 Å². The summed E-state index contributed by atoms with van der Waals surface area (Å²) in [5.74, 6) is -0.594. The fourth-order valence-electron chi connectivity index (χ4n) is 0.578. The fourth-order valence-corrected chi connectivity index (χ4v) is 0.782. The van der Waals surface area contributed by atoms with E-state index in [-0.39, 0.29) is 24.5 Å². The van der Waals surface area contributed by atoms with E-state index < -0.39 is 5.97 Å². The molecule has 64 valence electrons. The van der Waals surface area contributed by atoms with Crippen molar-refractivity contribution in [2.24, 2.45) is 5.92 Å². The molecule has 1 unspecified atom stereocenters. The van der Waals surface area contributed by atoms with Gasteiger partial charge in [-0.05, 0) is 5.75 Å². The van der Waals surface area contributed by atoms with Gasteiger partial charge in [0, 0.05) is 12.3 Å². The molecule has 0 amide bonds. The highest BCUT2D eigenvalue weighted by molar-refractivity contribution is 7.80. The van der Waals surface area contributed by atoms with Gasteiger partial charge in [0.1, 0.15) is 5.78 Å². The van der Waals surface area contributed by atoms with E-state index in [0.717, 1.165) is 0 Å². The molecule has 1 N–H and O–H groups in total. The molecule has 0 aromatic heterocycles. The molecule has 0 heterocycles. The van der Waals surface area contributed by atoms with Gasteiger partial charge in [0.25, 0.3) is 0 Å². The topological polar surface area (TPSA) is 54.4 Å². The van der Waals surface area contributed by atoms with E-state index in [9.17, 15) is 9.59 Å². The van der Waals surface area contributed by atoms with Gasteiger partial charge in [-0.2, -0.15) is 12.6 Å². The van der Waals surface area contributed by atoms with Crippen LogP contribution in [0.3, 0.4) is 0 Å². The molecule has 4 heteroatoms. The van der Waals surface area contributed by atoms with E-state index in [2.05, 4.69) is 12.6 Å². The largest absolute Gasteiger partial charge is 0.481 e. The van der Waals surface area contributed by atoms with Crippen molar-refractivity contribution in [2.75, 3.05) is 5.75 Å². The number of aliphatic carboxylic acids is 1. The molecular formula is C7H12O3S. The highest BCUT2D eigenvalue weighted by Crippen LogP contribution is 2.04. The van der Waals surface area contributed by atoms with Crippen LogP contribution < -0.4 is 0 Å². The molecule has 0 aliphatic carbocycles. The van der Waals surface area contributed by atoms with Gasteiger partial charge in [-0.3, -0.25) is 9.59 Å². The van der Waals surface area contributed by atoms with Crippen molar-refractivity contribution < 1.29 is 14.7 Å². The number of carboxylic acids is 1. The van der Waals surface area contributed by atoms with Crippen molar-refractivity contribution in [1.29, 1.82) is 0 Å². The zero-order chi connectivity index (χ0) is 8.85. The summed E-state index contributed by atoms with van der Waals surface area (Å²) < 4.78 is 0. The van der Waals surface area contributed by atoms with Crippen LogP contribution in [0.25, 0.3) is 0 Å². The molecule has 1 atom stereocenters. The quantitative estimate of drug-likeness (QED) is 0.614. The third-order valence-electron chi connectivity index (χ3n) is 1.41. The highest BCUT2D eigenvalue weighted by Gasteiger charge is 2.11. The number of carbonyl (C=O) groups is 2. The molecule has 0 bridgehead atoms. The van der Waals surface area contributed by atoms with Crippen molar-refractivity contribution >= 4 is 24.4 Å². The number of thiol groups is 1. The maximum absolute atomic E-state index is 11.0. The predicted molar refractivity (Wildman–Crippen MR) is 44.9 cm³/mol. The Morgan fingerprint density at radius 2 is 2.00 bits per heavy atom. The van der Waals surface area contributed by atoms with Gasteiger partial charge < -0.3 is 5.11 Å². The van der Waals surface area contributed by atoms with Gasteiger partial charge in [-0.15, -0.1) is 0 Å². The van der Waals surface area contributed by atoms with Crippen LogP contribution in [0.5, 0.6) is 0 Å². The number of carbonyl (C=O) groups excluding carboxylic acids is 1. The molecule has 0 spiro atoms. The van der Waals surface area contributed by atoms with Gasteiger partial charge in [0.15, 0.2) is 0 Å². The van der Waals surface area contributed by atoms with Crippen molar-refractivity contribution in [3.63, 3.8) is 0 Å². The number of hydrogen-bond acceptors (Lipinski definition) is 3. The van der Waals surface area contributed by atoms with Gasteiger partial charge in [0.05, 0.1) is 6.42 Å². The number of hydrogen-bond donors (Lipinski definition) is 2. The molecule has 3 nitrogen and oxygen atoms in total. The molecule has 11 heavy (non-hydrogen) atoms. The van der Waals surface area contributed by atoms with E-state index >= 15 is 0 Å². The smallest absolute Gasteiger partial charge is 0.303 e. The van der Waals surface area contributed by atoms with Crippen molar-refractivity contribution in [3.05, 3.63) is 0 Å². The summed E-state index contributed by atoms with van der Waals surface area (Å²) >= 11 is 3.93. The number of carboxylic acid groups (broad SMARTS) is 1. The molecule has 0 radical (unpaired) electrons. The normalized spacial score (nSPS) is 12.5. The second kappa shape index (κ2) is 5.18. The second-order valence-corrected chi connectivity index (χ2v) is 2.81. The lowest BCUT2D eigenvalue weighted by Crippen LogP contribution is -2.13. The molecule has 0 saturated heterocycles. The zero-order valence-corrected chi connectivity index (χ0v) is 7.30. The Kier molecular flexibility index (Phi) is 4.94. The van der Waals surface area contributed by atoms with Gasteiger partial charge >= 0.3 is 5.97 Å². The molecule has 0 aromatic carbocycles. The summed E-state index contributed by atoms with van der Waals surface area (Å²) in [5, 5.41) is 8.25. The van der Waals surface area contributed by atoms with Crippen LogP contribution in [-0.2, 0) is 9.59 Å². The Hall–Kier alpha value is -0.510. The summed E-state index contributed by atoms with van der Waals surface area (Å²) in [6.07, 6.45) is 0.0496. The van der Waals surface area contributed by atoms with Crippen LogP contribution >= 0.6 is 12.6 Å². The predicted octanol–water partition coefficient (Wildman–Crippen LogP) is 0.986. The van der Waals surface area contributed by atoms with E-state index in [4.69, 9.17) is 5.11 Å². The number of Topliss-reactive ketones (excluding diaryl/α,β-unsaturated/α-hetero) is 1. The summed E-state index contributed by atoms with van der Waals surface area (Å²) in [5.41, 5.74) is 0. The first kappa shape index (κ1) is 10.5. The fraction of sp³-hybridized carbons (Fsp3) is 0.714. The van der Waals surface area contributed by atoms with Crippen LogP contribution in [0.1, 0.15) is 19.8 Å². The lowest BCUT2D eigenvalue weighted by Gasteiger charge is -2.03. The van der Waals surface area contributed by atoms with Crippen molar-refractivity contribution in [3.8, 4) is 0 Å². The maximum Gasteiger partial charge on any atom is 0.303 e. The Morgan fingerprint density at radius 1 is 1.45 bits per heavy atom. The Balaban J connectivity index is 3.60. The summed E-state index contributed by atoms with van der Waals surface area (Å²) in [7, 11) is 0. The Labute approximate surface area is 71.2 Å². The summed E-state index contributed by atoms with van der Waals surface area (Å²) in [6, 6.07) is 0. The second-order valence-electron chi connectivity index (χ2n) is 2.44. The first-order chi connectivity index (χ1) is 5.07. The van der Waals surface area contributed by atoms with Crippen LogP contribution in [0.2, 0.25) is 0 Å². The lowest BCUT2D eigenvalue weighted by atomic mass is 10.0. The molecular weight excluding hydrogens is 164 g/mol. The first-order valence-corrected chi connectivity index (χ1v) is 4.06. The Morgan fingerprint density at radius 3 is 2.36 bits per heavy atom. The van der Waals surface area contributed by atoms with Crippen LogP contribution in [0, 0.1) is 5.92 Å². The minimum absolute atomic E-state index is 0.0256. The van der Waals surface area contributed by atoms with E-state index in [0.29, 0.717) is 5.75 Å². The van der Waals surface area contributed by atoms with Gasteiger partial charge in [-0.1, -0.05) is 6.92 Å². The van der Waals surface area contributed by atoms with Crippen LogP contribution in [0.15, 0.2) is 0 Å². The van der Waals surface area contributed by atoms with E-state index in [1.807, 2.05) is 0 Å². The van der Waals surface area contributed by atoms with Gasteiger partial charge in [-0.25, -0.2) is 0 Å². The summed E-state index contributed by atoms with van der Waals surface area (Å²) in [4.78, 5) is 21.0. The minimum Gasteiger partial charge on any atom is -0.481 e. The molecule has 0 saturated carbocycles. The standard InChI is InChI=1S/C7H12O3S/c1-5(4-11)6(8)2-3-7(9)10/h5,11H,2-4H2,1H3,(H,9,10). The average Bonchev–Trinajstić information content (AvgIpc) is 1.98. The van der Waals surface area contributed by atoms with E-state index in [1.165, 1.54) is 0 Å². The lowest BCUT2D eigenvalue weighted by molar-refractivity contribution is -0.138.